The lowest BCUT2D eigenvalue weighted by Gasteiger charge is -1.92. The van der Waals surface area contributed by atoms with Crippen LogP contribution in [0.15, 0.2) is 4.99 Å². The van der Waals surface area contributed by atoms with Gasteiger partial charge in [-0.25, -0.2) is 4.99 Å². The number of methoxy groups -OCH3 is 1. The molecule has 0 saturated carbocycles. The van der Waals surface area contributed by atoms with Crippen LogP contribution in [-0.2, 0) is 4.74 Å². The molecule has 68 valence electrons. The van der Waals surface area contributed by atoms with Crippen molar-refractivity contribution in [1.82, 2.24) is 0 Å². The predicted molar refractivity (Wildman–Crippen MR) is 52.3 cm³/mol. The molecule has 0 aromatic carbocycles. The Morgan fingerprint density at radius 3 is 2.50 bits per heavy atom. The summed E-state index contributed by atoms with van der Waals surface area (Å²) in [5.74, 6) is 2.92. The van der Waals surface area contributed by atoms with Gasteiger partial charge in [0.2, 0.25) is 0 Å². The maximum absolute atomic E-state index is 4.85. The molecule has 0 spiro atoms. The standard InChI is InChI=1S/C10H17NO/c1-4-10(5-2)11-8-6-7-9-12-3/h4-5,7,9H2,1-3H3. The molecule has 0 heterocycles. The number of ether oxygens (including phenoxy) is 1. The molecule has 0 aromatic rings. The van der Waals surface area contributed by atoms with Gasteiger partial charge in [0.05, 0.1) is 6.61 Å². The molecule has 0 bridgehead atoms. The summed E-state index contributed by atoms with van der Waals surface area (Å²) in [6.07, 6.45) is 2.76. The van der Waals surface area contributed by atoms with Crippen LogP contribution in [-0.4, -0.2) is 19.4 Å². The van der Waals surface area contributed by atoms with E-state index in [9.17, 15) is 0 Å². The molecule has 0 aromatic heterocycles. The summed E-state index contributed by atoms with van der Waals surface area (Å²) in [6, 6.07) is 2.78. The average Bonchev–Trinajstić information content (AvgIpc) is 2.11. The predicted octanol–water partition coefficient (Wildman–Crippen LogP) is 2.24. The van der Waals surface area contributed by atoms with E-state index in [1.807, 2.05) is 0 Å². The van der Waals surface area contributed by atoms with Crippen LogP contribution in [0, 0.1) is 12.0 Å². The Morgan fingerprint density at radius 2 is 2.00 bits per heavy atom. The van der Waals surface area contributed by atoms with Gasteiger partial charge in [-0.1, -0.05) is 19.8 Å². The molecule has 0 rings (SSSR count). The molecule has 0 saturated heterocycles. The third-order valence-electron chi connectivity index (χ3n) is 1.54. The molecule has 0 aliphatic rings. The summed E-state index contributed by atoms with van der Waals surface area (Å²) < 4.78 is 4.85. The molecule has 0 atom stereocenters. The van der Waals surface area contributed by atoms with Crippen molar-refractivity contribution in [3.8, 4) is 12.0 Å². The summed E-state index contributed by atoms with van der Waals surface area (Å²) in [7, 11) is 1.68. The third kappa shape index (κ3) is 5.94. The van der Waals surface area contributed by atoms with E-state index in [1.54, 1.807) is 7.11 Å². The van der Waals surface area contributed by atoms with Crippen molar-refractivity contribution >= 4 is 5.71 Å². The van der Waals surface area contributed by atoms with Crippen molar-refractivity contribution in [2.24, 2.45) is 4.99 Å². The van der Waals surface area contributed by atoms with Crippen LogP contribution in [0.2, 0.25) is 0 Å². The highest BCUT2D eigenvalue weighted by molar-refractivity contribution is 5.84. The second-order valence-corrected chi connectivity index (χ2v) is 2.42. The zero-order valence-corrected chi connectivity index (χ0v) is 8.18. The summed E-state index contributed by atoms with van der Waals surface area (Å²) in [5, 5.41) is 0. The van der Waals surface area contributed by atoms with Gasteiger partial charge in [-0.3, -0.25) is 0 Å². The molecule has 2 heteroatoms. The van der Waals surface area contributed by atoms with E-state index in [0.717, 1.165) is 19.3 Å². The second kappa shape index (κ2) is 8.29. The van der Waals surface area contributed by atoms with E-state index in [1.165, 1.54) is 5.71 Å². The van der Waals surface area contributed by atoms with E-state index < -0.39 is 0 Å². The summed E-state index contributed by atoms with van der Waals surface area (Å²) in [6.45, 7) is 4.88. The Hall–Kier alpha value is -0.810. The summed E-state index contributed by atoms with van der Waals surface area (Å²) >= 11 is 0. The second-order valence-electron chi connectivity index (χ2n) is 2.42. The monoisotopic (exact) mass is 167 g/mol. The molecule has 0 aliphatic heterocycles. The van der Waals surface area contributed by atoms with Crippen molar-refractivity contribution in [2.75, 3.05) is 13.7 Å². The van der Waals surface area contributed by atoms with E-state index >= 15 is 0 Å². The highest BCUT2D eigenvalue weighted by Crippen LogP contribution is 1.90. The van der Waals surface area contributed by atoms with Gasteiger partial charge in [0.25, 0.3) is 0 Å². The van der Waals surface area contributed by atoms with Crippen LogP contribution in [0.25, 0.3) is 0 Å². The number of aliphatic imine (C=N–C) groups is 1. The minimum absolute atomic E-state index is 0.691. The van der Waals surface area contributed by atoms with Gasteiger partial charge in [0.15, 0.2) is 0 Å². The number of nitrogens with zero attached hydrogens (tertiary/aromatic N) is 1. The van der Waals surface area contributed by atoms with Crippen LogP contribution < -0.4 is 0 Å². The van der Waals surface area contributed by atoms with Crippen molar-refractivity contribution in [3.05, 3.63) is 0 Å². The number of hydrogen-bond donors (Lipinski definition) is 0. The lowest BCUT2D eigenvalue weighted by molar-refractivity contribution is 0.206. The molecule has 0 amide bonds. The molecule has 0 aliphatic carbocycles. The van der Waals surface area contributed by atoms with Gasteiger partial charge in [0.1, 0.15) is 0 Å². The van der Waals surface area contributed by atoms with Gasteiger partial charge in [-0.2, -0.15) is 0 Å². The maximum Gasteiger partial charge on any atom is 0.0572 e. The Balaban J connectivity index is 3.71. The Labute approximate surface area is 75.0 Å². The Kier molecular flexibility index (Phi) is 7.73. The highest BCUT2D eigenvalue weighted by Gasteiger charge is 1.87. The minimum Gasteiger partial charge on any atom is -0.384 e. The fourth-order valence-electron chi connectivity index (χ4n) is 0.736. The van der Waals surface area contributed by atoms with Gasteiger partial charge < -0.3 is 4.74 Å². The van der Waals surface area contributed by atoms with E-state index in [0.29, 0.717) is 6.61 Å². The first-order valence-electron chi connectivity index (χ1n) is 4.37. The van der Waals surface area contributed by atoms with Crippen molar-refractivity contribution in [2.45, 2.75) is 33.1 Å². The van der Waals surface area contributed by atoms with E-state index in [-0.39, 0.29) is 0 Å². The van der Waals surface area contributed by atoms with E-state index in [4.69, 9.17) is 4.74 Å². The van der Waals surface area contributed by atoms with Crippen LogP contribution >= 0.6 is 0 Å². The number of rotatable bonds is 4. The molecule has 0 N–H and O–H groups in total. The highest BCUT2D eigenvalue weighted by atomic mass is 16.5. The van der Waals surface area contributed by atoms with Gasteiger partial charge in [-0.15, -0.1) is 0 Å². The van der Waals surface area contributed by atoms with Crippen LogP contribution in [0.3, 0.4) is 0 Å². The Morgan fingerprint density at radius 1 is 1.33 bits per heavy atom. The SMILES string of the molecule is CCC(CC)=NC#CCCOC. The maximum atomic E-state index is 4.85. The zero-order valence-electron chi connectivity index (χ0n) is 8.18. The molecule has 0 unspecified atom stereocenters. The molecule has 12 heavy (non-hydrogen) atoms. The normalized spacial score (nSPS) is 8.58. The topological polar surface area (TPSA) is 21.6 Å². The van der Waals surface area contributed by atoms with Gasteiger partial charge in [0, 0.05) is 25.3 Å². The average molecular weight is 167 g/mol. The van der Waals surface area contributed by atoms with Crippen LogP contribution in [0.4, 0.5) is 0 Å². The van der Waals surface area contributed by atoms with Crippen molar-refractivity contribution in [1.29, 1.82) is 0 Å². The first-order chi connectivity index (χ1) is 5.85. The molecule has 0 radical (unpaired) electrons. The minimum atomic E-state index is 0.691. The van der Waals surface area contributed by atoms with Crippen LogP contribution in [0.5, 0.6) is 0 Å². The first kappa shape index (κ1) is 11.2. The largest absolute Gasteiger partial charge is 0.384 e. The van der Waals surface area contributed by atoms with Gasteiger partial charge in [-0.05, 0) is 12.8 Å². The number of hydrogen-bond acceptors (Lipinski definition) is 2. The molecular formula is C10H17NO. The molecule has 0 fully saturated rings. The fourth-order valence-corrected chi connectivity index (χ4v) is 0.736. The lowest BCUT2D eigenvalue weighted by Crippen LogP contribution is -1.91. The van der Waals surface area contributed by atoms with Crippen LogP contribution in [0.1, 0.15) is 33.1 Å². The summed E-state index contributed by atoms with van der Waals surface area (Å²) in [5.41, 5.74) is 1.17. The lowest BCUT2D eigenvalue weighted by atomic mass is 10.2. The zero-order chi connectivity index (χ0) is 9.23. The third-order valence-corrected chi connectivity index (χ3v) is 1.54. The quantitative estimate of drug-likeness (QED) is 0.357. The first-order valence-corrected chi connectivity index (χ1v) is 4.37. The smallest absolute Gasteiger partial charge is 0.0572 e. The molecule has 2 nitrogen and oxygen atoms in total. The summed E-state index contributed by atoms with van der Waals surface area (Å²) in [4.78, 5) is 4.13. The van der Waals surface area contributed by atoms with Crippen molar-refractivity contribution in [3.63, 3.8) is 0 Å². The fraction of sp³-hybridized carbons (Fsp3) is 0.700. The van der Waals surface area contributed by atoms with Gasteiger partial charge >= 0.3 is 0 Å². The Bertz CT molecular complexity index is 180. The van der Waals surface area contributed by atoms with Crippen molar-refractivity contribution < 1.29 is 4.74 Å². The van der Waals surface area contributed by atoms with E-state index in [2.05, 4.69) is 30.8 Å². The molecular weight excluding hydrogens is 150 g/mol.